The quantitative estimate of drug-likeness (QED) is 0.203. The molecule has 5 rings (SSSR count). The first kappa shape index (κ1) is 20.2. The van der Waals surface area contributed by atoms with E-state index in [1.165, 1.54) is 27.7 Å². The van der Waals surface area contributed by atoms with Crippen LogP contribution in [0.4, 0.5) is 5.13 Å². The van der Waals surface area contributed by atoms with Gasteiger partial charge >= 0.3 is 0 Å². The molecule has 0 aliphatic carbocycles. The van der Waals surface area contributed by atoms with E-state index in [2.05, 4.69) is 61.8 Å². The van der Waals surface area contributed by atoms with Crippen LogP contribution >= 0.6 is 39.0 Å². The summed E-state index contributed by atoms with van der Waals surface area (Å²) in [5, 5.41) is 15.0. The van der Waals surface area contributed by atoms with Crippen LogP contribution in [-0.4, -0.2) is 16.1 Å². The summed E-state index contributed by atoms with van der Waals surface area (Å²) >= 11 is 6.41. The average molecular weight is 510 g/mol. The summed E-state index contributed by atoms with van der Waals surface area (Å²) in [6, 6.07) is 20.3. The van der Waals surface area contributed by atoms with Crippen LogP contribution in [0.1, 0.15) is 21.7 Å². The first-order chi connectivity index (χ1) is 15.1. The van der Waals surface area contributed by atoms with Crippen molar-refractivity contribution in [1.29, 1.82) is 0 Å². The average Bonchev–Trinajstić information content (AvgIpc) is 3.36. The number of amides is 1. The van der Waals surface area contributed by atoms with Gasteiger partial charge in [-0.2, -0.15) is 0 Å². The zero-order valence-corrected chi connectivity index (χ0v) is 19.6. The number of hydrogen-bond donors (Lipinski definition) is 1. The molecule has 3 aromatic carbocycles. The van der Waals surface area contributed by atoms with Crippen molar-refractivity contribution in [2.75, 3.05) is 5.32 Å². The summed E-state index contributed by atoms with van der Waals surface area (Å²) < 4.78 is 7.50. The molecule has 31 heavy (non-hydrogen) atoms. The molecule has 0 bridgehead atoms. The van der Waals surface area contributed by atoms with Crippen LogP contribution in [0.15, 0.2) is 73.9 Å². The van der Waals surface area contributed by atoms with Gasteiger partial charge in [0.25, 0.3) is 5.91 Å². The minimum absolute atomic E-state index is 0.285. The Bertz CT molecular complexity index is 1420. The number of carbonyl (C=O) groups excluding carboxylic acids is 1. The van der Waals surface area contributed by atoms with Crippen molar-refractivity contribution in [1.82, 2.24) is 10.2 Å². The van der Waals surface area contributed by atoms with Gasteiger partial charge in [0.1, 0.15) is 5.58 Å². The maximum Gasteiger partial charge on any atom is 0.293 e. The zero-order valence-electron chi connectivity index (χ0n) is 16.4. The molecule has 0 atom stereocenters. The van der Waals surface area contributed by atoms with Crippen LogP contribution < -0.4 is 5.32 Å². The number of fused-ring (bicyclic) bond motifs is 2. The third kappa shape index (κ3) is 4.11. The molecule has 0 saturated carbocycles. The van der Waals surface area contributed by atoms with Gasteiger partial charge in [-0.15, -0.1) is 10.2 Å². The largest absolute Gasteiger partial charge is 0.451 e. The maximum atomic E-state index is 12.7. The fraction of sp³-hybridized carbons (Fsp3) is 0.0870. The molecule has 2 heterocycles. The van der Waals surface area contributed by atoms with Crippen LogP contribution in [0.25, 0.3) is 21.7 Å². The Morgan fingerprint density at radius 3 is 2.84 bits per heavy atom. The molecule has 154 valence electrons. The Kier molecular flexibility index (Phi) is 5.52. The lowest BCUT2D eigenvalue weighted by atomic mass is 10.1. The van der Waals surface area contributed by atoms with Crippen LogP contribution in [-0.2, 0) is 5.75 Å². The Morgan fingerprint density at radius 1 is 1.10 bits per heavy atom. The summed E-state index contributed by atoms with van der Waals surface area (Å²) in [7, 11) is 0. The third-order valence-electron chi connectivity index (χ3n) is 4.96. The summed E-state index contributed by atoms with van der Waals surface area (Å²) in [4.78, 5) is 12.7. The van der Waals surface area contributed by atoms with E-state index in [4.69, 9.17) is 4.42 Å². The monoisotopic (exact) mass is 509 g/mol. The lowest BCUT2D eigenvalue weighted by molar-refractivity contribution is 0.0998. The number of nitrogens with zero attached hydrogens (tertiary/aromatic N) is 2. The predicted octanol–water partition coefficient (Wildman–Crippen LogP) is 7.05. The number of furan rings is 1. The predicted molar refractivity (Wildman–Crippen MR) is 130 cm³/mol. The molecule has 0 unspecified atom stereocenters. The topological polar surface area (TPSA) is 68.0 Å². The summed E-state index contributed by atoms with van der Waals surface area (Å²) in [6.45, 7) is 1.87. The van der Waals surface area contributed by atoms with Gasteiger partial charge in [0.15, 0.2) is 10.1 Å². The summed E-state index contributed by atoms with van der Waals surface area (Å²) in [5.41, 5.74) is 2.71. The lowest BCUT2D eigenvalue weighted by Crippen LogP contribution is -2.11. The van der Waals surface area contributed by atoms with Gasteiger partial charge < -0.3 is 4.42 Å². The van der Waals surface area contributed by atoms with Crippen molar-refractivity contribution in [3.63, 3.8) is 0 Å². The van der Waals surface area contributed by atoms with Gasteiger partial charge in [0, 0.05) is 21.2 Å². The summed E-state index contributed by atoms with van der Waals surface area (Å²) in [6.07, 6.45) is 0. The van der Waals surface area contributed by atoms with Crippen LogP contribution in [0.5, 0.6) is 0 Å². The van der Waals surface area contributed by atoms with E-state index in [0.29, 0.717) is 10.7 Å². The van der Waals surface area contributed by atoms with Gasteiger partial charge in [-0.05, 0) is 41.5 Å². The molecule has 0 fully saturated rings. The summed E-state index contributed by atoms with van der Waals surface area (Å²) in [5.74, 6) is 0.737. The number of carbonyl (C=O) groups is 1. The number of aryl methyl sites for hydroxylation is 1. The molecule has 0 aliphatic heterocycles. The molecule has 0 saturated heterocycles. The molecule has 5 nitrogen and oxygen atoms in total. The molecule has 5 aromatic rings. The van der Waals surface area contributed by atoms with Gasteiger partial charge in [0.2, 0.25) is 5.13 Å². The molecule has 0 aliphatic rings. The molecule has 1 amide bonds. The highest BCUT2D eigenvalue weighted by Gasteiger charge is 2.19. The number of thioether (sulfide) groups is 1. The highest BCUT2D eigenvalue weighted by atomic mass is 79.9. The van der Waals surface area contributed by atoms with E-state index in [9.17, 15) is 4.79 Å². The van der Waals surface area contributed by atoms with Crippen molar-refractivity contribution in [3.8, 4) is 0 Å². The van der Waals surface area contributed by atoms with Gasteiger partial charge in [-0.1, -0.05) is 81.5 Å². The number of hydrogen-bond acceptors (Lipinski definition) is 6. The number of anilines is 1. The molecule has 0 spiro atoms. The SMILES string of the molecule is Cc1c(C(=O)Nc2nnc(SCc3cccc4ccccc34)s2)oc2ccc(Br)cc12. The second-order valence-electron chi connectivity index (χ2n) is 6.95. The van der Waals surface area contributed by atoms with Crippen LogP contribution in [0.2, 0.25) is 0 Å². The fourth-order valence-corrected chi connectivity index (χ4v) is 5.55. The number of nitrogens with one attached hydrogen (secondary N) is 1. The molecule has 1 N–H and O–H groups in total. The molecular weight excluding hydrogens is 494 g/mol. The van der Waals surface area contributed by atoms with Gasteiger partial charge in [-0.3, -0.25) is 10.1 Å². The first-order valence-corrected chi connectivity index (χ1v) is 12.1. The highest BCUT2D eigenvalue weighted by molar-refractivity contribution is 9.10. The minimum atomic E-state index is -0.327. The second kappa shape index (κ2) is 8.45. The second-order valence-corrected chi connectivity index (χ2v) is 10.1. The Balaban J connectivity index is 1.30. The van der Waals surface area contributed by atoms with E-state index in [0.717, 1.165) is 25.5 Å². The Morgan fingerprint density at radius 2 is 1.94 bits per heavy atom. The number of aromatic nitrogens is 2. The minimum Gasteiger partial charge on any atom is -0.451 e. The maximum absolute atomic E-state index is 12.7. The van der Waals surface area contributed by atoms with Crippen molar-refractivity contribution in [2.45, 2.75) is 17.0 Å². The van der Waals surface area contributed by atoms with E-state index < -0.39 is 0 Å². The number of halogens is 1. The molecule has 0 radical (unpaired) electrons. The normalized spacial score (nSPS) is 11.3. The Hall–Kier alpha value is -2.68. The van der Waals surface area contributed by atoms with E-state index in [1.54, 1.807) is 11.8 Å². The van der Waals surface area contributed by atoms with Crippen LogP contribution in [0, 0.1) is 6.92 Å². The molecular formula is C23H16BrN3O2S2. The number of rotatable bonds is 5. The van der Waals surface area contributed by atoms with Crippen molar-refractivity contribution < 1.29 is 9.21 Å². The van der Waals surface area contributed by atoms with Gasteiger partial charge in [0.05, 0.1) is 0 Å². The standard InChI is InChI=1S/C23H16BrN3O2S2/c1-13-18-11-16(24)9-10-19(18)29-20(13)21(28)25-22-26-27-23(31-22)30-12-15-7-4-6-14-5-2-3-8-17(14)15/h2-11H,12H2,1H3,(H,25,26,28). The van der Waals surface area contributed by atoms with E-state index >= 15 is 0 Å². The van der Waals surface area contributed by atoms with Gasteiger partial charge in [-0.25, -0.2) is 0 Å². The van der Waals surface area contributed by atoms with E-state index in [1.807, 2.05) is 37.3 Å². The van der Waals surface area contributed by atoms with Crippen molar-refractivity contribution in [2.24, 2.45) is 0 Å². The highest BCUT2D eigenvalue weighted by Crippen LogP contribution is 2.32. The van der Waals surface area contributed by atoms with Crippen molar-refractivity contribution in [3.05, 3.63) is 82.0 Å². The smallest absolute Gasteiger partial charge is 0.293 e. The van der Waals surface area contributed by atoms with E-state index in [-0.39, 0.29) is 11.7 Å². The lowest BCUT2D eigenvalue weighted by Gasteiger charge is -2.04. The zero-order chi connectivity index (χ0) is 21.4. The van der Waals surface area contributed by atoms with Crippen molar-refractivity contribution >= 4 is 71.8 Å². The third-order valence-corrected chi connectivity index (χ3v) is 7.48. The fourth-order valence-electron chi connectivity index (χ4n) is 3.44. The molecule has 2 aromatic heterocycles. The molecule has 8 heteroatoms. The first-order valence-electron chi connectivity index (χ1n) is 9.51. The Labute approximate surface area is 195 Å². The number of benzene rings is 3. The van der Waals surface area contributed by atoms with Crippen LogP contribution in [0.3, 0.4) is 0 Å².